The molecule has 1 aromatic heterocycles. The molecule has 0 bridgehead atoms. The van der Waals surface area contributed by atoms with E-state index in [1.54, 1.807) is 11.3 Å². The van der Waals surface area contributed by atoms with E-state index in [9.17, 15) is 0 Å². The fourth-order valence-corrected chi connectivity index (χ4v) is 4.31. The third-order valence-electron chi connectivity index (χ3n) is 4.76. The third-order valence-corrected chi connectivity index (χ3v) is 6.08. The van der Waals surface area contributed by atoms with Crippen LogP contribution in [-0.4, -0.2) is 11.0 Å². The van der Waals surface area contributed by atoms with E-state index in [1.807, 2.05) is 0 Å². The van der Waals surface area contributed by atoms with Gasteiger partial charge in [-0.1, -0.05) is 48.0 Å². The minimum Gasteiger partial charge on any atom is -0.308 e. The van der Waals surface area contributed by atoms with E-state index in [0.29, 0.717) is 6.04 Å². The van der Waals surface area contributed by atoms with Crippen LogP contribution in [0.2, 0.25) is 0 Å². The highest BCUT2D eigenvalue weighted by molar-refractivity contribution is 7.09. The second-order valence-electron chi connectivity index (χ2n) is 8.21. The van der Waals surface area contributed by atoms with Crippen molar-refractivity contribution in [3.8, 4) is 0 Å². The van der Waals surface area contributed by atoms with Crippen molar-refractivity contribution in [3.63, 3.8) is 0 Å². The normalized spacial score (nSPS) is 27.3. The summed E-state index contributed by atoms with van der Waals surface area (Å²) in [6, 6.07) is 0.661. The number of hydrogen-bond donors (Lipinski definition) is 1. The lowest BCUT2D eigenvalue weighted by atomic mass is 9.74. The Labute approximate surface area is 134 Å². The van der Waals surface area contributed by atoms with Crippen LogP contribution in [0.25, 0.3) is 0 Å². The minimum atomic E-state index is 0.169. The van der Waals surface area contributed by atoms with Gasteiger partial charge in [0, 0.05) is 23.4 Å². The maximum Gasteiger partial charge on any atom is 0.0982 e. The van der Waals surface area contributed by atoms with Gasteiger partial charge in [0.1, 0.15) is 0 Å². The Hall–Kier alpha value is -0.410. The first-order chi connectivity index (χ1) is 9.77. The molecule has 1 heterocycles. The molecule has 2 rings (SSSR count). The first-order valence-electron chi connectivity index (χ1n) is 8.45. The molecule has 0 aromatic carbocycles. The predicted octanol–water partition coefficient (Wildman–Crippen LogP) is 4.99. The van der Waals surface area contributed by atoms with Gasteiger partial charge in [-0.3, -0.25) is 0 Å². The highest BCUT2D eigenvalue weighted by Gasteiger charge is 2.30. The van der Waals surface area contributed by atoms with Crippen molar-refractivity contribution in [1.29, 1.82) is 0 Å². The molecule has 1 saturated carbocycles. The molecule has 0 amide bonds. The maximum absolute atomic E-state index is 4.81. The molecule has 0 spiro atoms. The van der Waals surface area contributed by atoms with Crippen molar-refractivity contribution in [2.24, 2.45) is 17.8 Å². The Balaban J connectivity index is 1.95. The molecule has 120 valence electrons. The molecular formula is C18H32N2S. The molecule has 1 N–H and O–H groups in total. The van der Waals surface area contributed by atoms with Crippen molar-refractivity contribution in [2.45, 2.75) is 78.8 Å². The number of hydrogen-bond acceptors (Lipinski definition) is 3. The summed E-state index contributed by atoms with van der Waals surface area (Å²) in [7, 11) is 0. The van der Waals surface area contributed by atoms with E-state index in [4.69, 9.17) is 4.98 Å². The highest BCUT2D eigenvalue weighted by Crippen LogP contribution is 2.33. The van der Waals surface area contributed by atoms with E-state index >= 15 is 0 Å². The van der Waals surface area contributed by atoms with E-state index in [-0.39, 0.29) is 5.41 Å². The zero-order valence-corrected chi connectivity index (χ0v) is 15.4. The summed E-state index contributed by atoms with van der Waals surface area (Å²) >= 11 is 1.80. The SMILES string of the molecule is CC1CCC(C(C)C)C(NCc2csc(C(C)(C)C)n2)C1. The van der Waals surface area contributed by atoms with Gasteiger partial charge in [0.15, 0.2) is 0 Å². The monoisotopic (exact) mass is 308 g/mol. The zero-order chi connectivity index (χ0) is 15.6. The smallest absolute Gasteiger partial charge is 0.0982 e. The van der Waals surface area contributed by atoms with Crippen molar-refractivity contribution in [3.05, 3.63) is 16.1 Å². The lowest BCUT2D eigenvalue weighted by Crippen LogP contribution is -2.42. The summed E-state index contributed by atoms with van der Waals surface area (Å²) in [6.45, 7) is 14.8. The first-order valence-corrected chi connectivity index (χ1v) is 9.33. The van der Waals surface area contributed by atoms with Gasteiger partial charge in [-0.25, -0.2) is 4.98 Å². The third kappa shape index (κ3) is 4.53. The lowest BCUT2D eigenvalue weighted by Gasteiger charge is -2.38. The summed E-state index contributed by atoms with van der Waals surface area (Å²) < 4.78 is 0. The quantitative estimate of drug-likeness (QED) is 0.847. The minimum absolute atomic E-state index is 0.169. The van der Waals surface area contributed by atoms with Crippen LogP contribution in [0, 0.1) is 17.8 Å². The summed E-state index contributed by atoms with van der Waals surface area (Å²) in [5.41, 5.74) is 1.38. The fourth-order valence-electron chi connectivity index (χ4n) is 3.41. The summed E-state index contributed by atoms with van der Waals surface area (Å²) in [5, 5.41) is 7.28. The molecule has 3 atom stereocenters. The van der Waals surface area contributed by atoms with Gasteiger partial charge in [0.05, 0.1) is 10.7 Å². The van der Waals surface area contributed by atoms with Crippen LogP contribution in [0.3, 0.4) is 0 Å². The van der Waals surface area contributed by atoms with Gasteiger partial charge in [-0.05, 0) is 30.6 Å². The Morgan fingerprint density at radius 2 is 2.05 bits per heavy atom. The van der Waals surface area contributed by atoms with Gasteiger partial charge < -0.3 is 5.32 Å². The largest absolute Gasteiger partial charge is 0.308 e. The summed E-state index contributed by atoms with van der Waals surface area (Å²) in [6.07, 6.45) is 4.09. The Bertz CT molecular complexity index is 444. The molecule has 1 fully saturated rings. The summed E-state index contributed by atoms with van der Waals surface area (Å²) in [5.74, 6) is 2.45. The Kier molecular flexibility index (Phi) is 5.48. The standard InChI is InChI=1S/C18H32N2S/c1-12(2)15-8-7-13(3)9-16(15)19-10-14-11-21-17(20-14)18(4,5)6/h11-13,15-16,19H,7-10H2,1-6H3. The molecule has 21 heavy (non-hydrogen) atoms. The average molecular weight is 309 g/mol. The number of thiazole rings is 1. The molecule has 0 aliphatic heterocycles. The molecule has 2 nitrogen and oxygen atoms in total. The molecule has 1 aliphatic rings. The lowest BCUT2D eigenvalue weighted by molar-refractivity contribution is 0.169. The number of rotatable bonds is 4. The highest BCUT2D eigenvalue weighted by atomic mass is 32.1. The predicted molar refractivity (Wildman–Crippen MR) is 92.8 cm³/mol. The van der Waals surface area contributed by atoms with E-state index in [1.165, 1.54) is 30.0 Å². The molecular weight excluding hydrogens is 276 g/mol. The Morgan fingerprint density at radius 3 is 2.62 bits per heavy atom. The zero-order valence-electron chi connectivity index (χ0n) is 14.6. The molecule has 0 saturated heterocycles. The Morgan fingerprint density at radius 1 is 1.33 bits per heavy atom. The summed E-state index contributed by atoms with van der Waals surface area (Å²) in [4.78, 5) is 4.81. The van der Waals surface area contributed by atoms with Crippen LogP contribution < -0.4 is 5.32 Å². The number of nitrogens with zero attached hydrogens (tertiary/aromatic N) is 1. The van der Waals surface area contributed by atoms with Crippen molar-refractivity contribution in [1.82, 2.24) is 10.3 Å². The molecule has 3 heteroatoms. The van der Waals surface area contributed by atoms with Crippen molar-refractivity contribution >= 4 is 11.3 Å². The molecule has 1 aliphatic carbocycles. The van der Waals surface area contributed by atoms with Gasteiger partial charge in [-0.2, -0.15) is 0 Å². The number of aromatic nitrogens is 1. The van der Waals surface area contributed by atoms with Crippen LogP contribution in [0.15, 0.2) is 5.38 Å². The topological polar surface area (TPSA) is 24.9 Å². The van der Waals surface area contributed by atoms with Crippen LogP contribution in [0.1, 0.15) is 71.5 Å². The molecule has 3 unspecified atom stereocenters. The fraction of sp³-hybridized carbons (Fsp3) is 0.833. The average Bonchev–Trinajstić information content (AvgIpc) is 2.84. The first kappa shape index (κ1) is 17.0. The van der Waals surface area contributed by atoms with Crippen LogP contribution in [0.5, 0.6) is 0 Å². The molecule has 0 radical (unpaired) electrons. The van der Waals surface area contributed by atoms with E-state index < -0.39 is 0 Å². The van der Waals surface area contributed by atoms with E-state index in [2.05, 4.69) is 52.2 Å². The van der Waals surface area contributed by atoms with Crippen LogP contribution in [-0.2, 0) is 12.0 Å². The van der Waals surface area contributed by atoms with E-state index in [0.717, 1.165) is 24.3 Å². The van der Waals surface area contributed by atoms with Crippen LogP contribution >= 0.6 is 11.3 Å². The van der Waals surface area contributed by atoms with Gasteiger partial charge in [0.25, 0.3) is 0 Å². The second kappa shape index (κ2) is 6.78. The maximum atomic E-state index is 4.81. The molecule has 1 aromatic rings. The van der Waals surface area contributed by atoms with Crippen LogP contribution in [0.4, 0.5) is 0 Å². The number of nitrogens with one attached hydrogen (secondary N) is 1. The van der Waals surface area contributed by atoms with Gasteiger partial charge in [0.2, 0.25) is 0 Å². The second-order valence-corrected chi connectivity index (χ2v) is 9.07. The van der Waals surface area contributed by atoms with Gasteiger partial charge >= 0.3 is 0 Å². The van der Waals surface area contributed by atoms with Crippen molar-refractivity contribution in [2.75, 3.05) is 0 Å². The van der Waals surface area contributed by atoms with Crippen molar-refractivity contribution < 1.29 is 0 Å². The van der Waals surface area contributed by atoms with Gasteiger partial charge in [-0.15, -0.1) is 11.3 Å².